The second kappa shape index (κ2) is 5.44. The molecular weight excluding hydrogens is 278 g/mol. The quantitative estimate of drug-likeness (QED) is 0.852. The molecule has 1 aromatic rings. The summed E-state index contributed by atoms with van der Waals surface area (Å²) in [5.74, 6) is -0.308. The maximum absolute atomic E-state index is 11.9. The number of nitrogens with one attached hydrogen (secondary N) is 1. The van der Waals surface area contributed by atoms with Gasteiger partial charge in [0.1, 0.15) is 11.9 Å². The number of hydrogen-bond acceptors (Lipinski definition) is 3. The third-order valence-corrected chi connectivity index (χ3v) is 3.51. The lowest BCUT2D eigenvalue weighted by Crippen LogP contribution is -2.37. The van der Waals surface area contributed by atoms with Crippen molar-refractivity contribution in [3.8, 4) is 0 Å². The molecule has 108 valence electrons. The Morgan fingerprint density at radius 2 is 2.15 bits per heavy atom. The van der Waals surface area contributed by atoms with Crippen molar-refractivity contribution in [2.24, 2.45) is 5.92 Å². The number of hydrogen-bond donors (Lipinski definition) is 1. The molecule has 1 aromatic carbocycles. The SMILES string of the molecule is CC(C)(C)OC(=O)N[C@H]1c2c(Cl)cccc2C[C@@H]1C=O. The summed E-state index contributed by atoms with van der Waals surface area (Å²) in [5, 5.41) is 3.32. The van der Waals surface area contributed by atoms with E-state index in [1.54, 1.807) is 26.8 Å². The van der Waals surface area contributed by atoms with E-state index in [1.807, 2.05) is 12.1 Å². The van der Waals surface area contributed by atoms with Gasteiger partial charge >= 0.3 is 6.09 Å². The first-order chi connectivity index (χ1) is 9.31. The van der Waals surface area contributed by atoms with Gasteiger partial charge in [0.15, 0.2) is 0 Å². The van der Waals surface area contributed by atoms with Crippen LogP contribution < -0.4 is 5.32 Å². The van der Waals surface area contributed by atoms with Gasteiger partial charge in [-0.2, -0.15) is 0 Å². The Bertz CT molecular complexity index is 536. The highest BCUT2D eigenvalue weighted by atomic mass is 35.5. The van der Waals surface area contributed by atoms with Crippen LogP contribution >= 0.6 is 11.6 Å². The summed E-state index contributed by atoms with van der Waals surface area (Å²) in [7, 11) is 0. The number of alkyl carbamates (subject to hydrolysis) is 1. The molecule has 1 N–H and O–H groups in total. The molecule has 0 bridgehead atoms. The van der Waals surface area contributed by atoms with Gasteiger partial charge in [-0.25, -0.2) is 4.79 Å². The number of carbonyl (C=O) groups is 2. The Hall–Kier alpha value is -1.55. The fraction of sp³-hybridized carbons (Fsp3) is 0.467. The van der Waals surface area contributed by atoms with Crippen LogP contribution in [-0.4, -0.2) is 18.0 Å². The third-order valence-electron chi connectivity index (χ3n) is 3.19. The third kappa shape index (κ3) is 3.12. The van der Waals surface area contributed by atoms with Gasteiger partial charge in [-0.15, -0.1) is 0 Å². The standard InChI is InChI=1S/C15H18ClNO3/c1-15(2,3)20-14(19)17-13-10(8-18)7-9-5-4-6-11(16)12(9)13/h4-6,8,10,13H,7H2,1-3H3,(H,17,19)/t10-,13-/m1/s1. The summed E-state index contributed by atoms with van der Waals surface area (Å²) in [5.41, 5.74) is 1.23. The first-order valence-corrected chi connectivity index (χ1v) is 6.91. The van der Waals surface area contributed by atoms with E-state index in [4.69, 9.17) is 16.3 Å². The monoisotopic (exact) mass is 295 g/mol. The zero-order valence-corrected chi connectivity index (χ0v) is 12.5. The van der Waals surface area contributed by atoms with Crippen LogP contribution in [0.5, 0.6) is 0 Å². The molecule has 1 amide bonds. The molecule has 0 aromatic heterocycles. The molecule has 5 heteroatoms. The largest absolute Gasteiger partial charge is 0.444 e. The van der Waals surface area contributed by atoms with Gasteiger partial charge in [0, 0.05) is 10.9 Å². The predicted octanol–water partition coefficient (Wildman–Crippen LogP) is 3.28. The summed E-state index contributed by atoms with van der Waals surface area (Å²) in [6, 6.07) is 5.11. The fourth-order valence-electron chi connectivity index (χ4n) is 2.43. The zero-order valence-electron chi connectivity index (χ0n) is 11.8. The van der Waals surface area contributed by atoms with Gasteiger partial charge in [0.05, 0.1) is 6.04 Å². The van der Waals surface area contributed by atoms with Gasteiger partial charge < -0.3 is 14.8 Å². The molecule has 1 aliphatic carbocycles. The summed E-state index contributed by atoms with van der Waals surface area (Å²) < 4.78 is 5.24. The Morgan fingerprint density at radius 3 is 2.75 bits per heavy atom. The van der Waals surface area contributed by atoms with Crippen LogP contribution in [0.1, 0.15) is 37.9 Å². The minimum Gasteiger partial charge on any atom is -0.444 e. The van der Waals surface area contributed by atoms with E-state index in [9.17, 15) is 9.59 Å². The Labute approximate surface area is 123 Å². The molecule has 0 spiro atoms. The number of carbonyl (C=O) groups excluding carboxylic acids is 2. The number of ether oxygens (including phenoxy) is 1. The van der Waals surface area contributed by atoms with Crippen LogP contribution in [-0.2, 0) is 16.0 Å². The molecule has 1 aliphatic rings. The van der Waals surface area contributed by atoms with Crippen molar-refractivity contribution in [2.75, 3.05) is 0 Å². The Kier molecular flexibility index (Phi) is 4.04. The number of rotatable bonds is 2. The van der Waals surface area contributed by atoms with Gasteiger partial charge in [-0.3, -0.25) is 0 Å². The van der Waals surface area contributed by atoms with Crippen LogP contribution in [0, 0.1) is 5.92 Å². The molecular formula is C15H18ClNO3. The smallest absolute Gasteiger partial charge is 0.408 e. The molecule has 0 radical (unpaired) electrons. The van der Waals surface area contributed by atoms with E-state index in [1.165, 1.54) is 0 Å². The Morgan fingerprint density at radius 1 is 1.45 bits per heavy atom. The normalized spacial score (nSPS) is 21.2. The first kappa shape index (κ1) is 14.9. The van der Waals surface area contributed by atoms with Crippen molar-refractivity contribution >= 4 is 24.0 Å². The van der Waals surface area contributed by atoms with Crippen molar-refractivity contribution in [3.05, 3.63) is 34.3 Å². The maximum Gasteiger partial charge on any atom is 0.408 e. The lowest BCUT2D eigenvalue weighted by Gasteiger charge is -2.24. The number of benzene rings is 1. The fourth-order valence-corrected chi connectivity index (χ4v) is 2.75. The van der Waals surface area contributed by atoms with Gasteiger partial charge in [-0.1, -0.05) is 23.7 Å². The van der Waals surface area contributed by atoms with Crippen molar-refractivity contribution < 1.29 is 14.3 Å². The molecule has 4 nitrogen and oxygen atoms in total. The van der Waals surface area contributed by atoms with Crippen LogP contribution in [0.3, 0.4) is 0 Å². The van der Waals surface area contributed by atoms with Crippen molar-refractivity contribution in [1.29, 1.82) is 0 Å². The first-order valence-electron chi connectivity index (χ1n) is 6.54. The van der Waals surface area contributed by atoms with E-state index in [0.29, 0.717) is 11.4 Å². The number of amides is 1. The molecule has 2 atom stereocenters. The number of fused-ring (bicyclic) bond motifs is 1. The second-order valence-corrected chi connectivity index (χ2v) is 6.35. The highest BCUT2D eigenvalue weighted by Crippen LogP contribution is 2.39. The maximum atomic E-state index is 11.9. The predicted molar refractivity (Wildman–Crippen MR) is 76.8 cm³/mol. The molecule has 0 saturated heterocycles. The number of halogens is 1. The van der Waals surface area contributed by atoms with E-state index < -0.39 is 17.7 Å². The average Bonchev–Trinajstić information content (AvgIpc) is 2.66. The second-order valence-electron chi connectivity index (χ2n) is 5.94. The van der Waals surface area contributed by atoms with Crippen LogP contribution in [0.4, 0.5) is 4.79 Å². The zero-order chi connectivity index (χ0) is 14.9. The van der Waals surface area contributed by atoms with Crippen LogP contribution in [0.2, 0.25) is 5.02 Å². The lowest BCUT2D eigenvalue weighted by atomic mass is 10.0. The van der Waals surface area contributed by atoms with Crippen LogP contribution in [0.15, 0.2) is 18.2 Å². The van der Waals surface area contributed by atoms with Crippen molar-refractivity contribution in [2.45, 2.75) is 38.8 Å². The summed E-state index contributed by atoms with van der Waals surface area (Å²) in [6.07, 6.45) is 0.903. The topological polar surface area (TPSA) is 55.4 Å². The minimum absolute atomic E-state index is 0.308. The average molecular weight is 296 g/mol. The van der Waals surface area contributed by atoms with E-state index in [0.717, 1.165) is 17.4 Å². The van der Waals surface area contributed by atoms with E-state index in [-0.39, 0.29) is 5.92 Å². The van der Waals surface area contributed by atoms with Crippen molar-refractivity contribution in [3.63, 3.8) is 0 Å². The molecule has 0 heterocycles. The molecule has 2 rings (SSSR count). The van der Waals surface area contributed by atoms with E-state index in [2.05, 4.69) is 5.32 Å². The highest BCUT2D eigenvalue weighted by Gasteiger charge is 2.35. The van der Waals surface area contributed by atoms with Crippen LogP contribution in [0.25, 0.3) is 0 Å². The Balaban J connectivity index is 2.22. The molecule has 0 aliphatic heterocycles. The summed E-state index contributed by atoms with van der Waals surface area (Å²) >= 11 is 6.20. The van der Waals surface area contributed by atoms with Gasteiger partial charge in [0.25, 0.3) is 0 Å². The summed E-state index contributed by atoms with van der Waals surface area (Å²) in [6.45, 7) is 5.37. The van der Waals surface area contributed by atoms with Gasteiger partial charge in [-0.05, 0) is 44.4 Å². The van der Waals surface area contributed by atoms with Gasteiger partial charge in [0.2, 0.25) is 0 Å². The minimum atomic E-state index is -0.581. The number of aldehydes is 1. The highest BCUT2D eigenvalue weighted by molar-refractivity contribution is 6.31. The molecule has 0 saturated carbocycles. The van der Waals surface area contributed by atoms with Crippen molar-refractivity contribution in [1.82, 2.24) is 5.32 Å². The van der Waals surface area contributed by atoms with E-state index >= 15 is 0 Å². The molecule has 0 unspecified atom stereocenters. The molecule has 20 heavy (non-hydrogen) atoms. The summed E-state index contributed by atoms with van der Waals surface area (Å²) in [4.78, 5) is 23.1. The lowest BCUT2D eigenvalue weighted by molar-refractivity contribution is -0.111. The molecule has 0 fully saturated rings.